The van der Waals surface area contributed by atoms with Crippen LogP contribution in [0.5, 0.6) is 0 Å². The summed E-state index contributed by atoms with van der Waals surface area (Å²) in [4.78, 5) is 32.1. The van der Waals surface area contributed by atoms with Crippen molar-refractivity contribution in [1.82, 2.24) is 14.5 Å². The Labute approximate surface area is 197 Å². The molecule has 1 saturated heterocycles. The van der Waals surface area contributed by atoms with Crippen molar-refractivity contribution in [3.63, 3.8) is 0 Å². The highest BCUT2D eigenvalue weighted by Crippen LogP contribution is 2.29. The smallest absolute Gasteiger partial charge is 0.348 e. The van der Waals surface area contributed by atoms with E-state index in [9.17, 15) is 9.59 Å². The highest BCUT2D eigenvalue weighted by Gasteiger charge is 2.22. The van der Waals surface area contributed by atoms with Crippen molar-refractivity contribution in [3.8, 4) is 0 Å². The van der Waals surface area contributed by atoms with Crippen LogP contribution >= 0.6 is 23.4 Å². The molecule has 2 aromatic rings. The van der Waals surface area contributed by atoms with Crippen LogP contribution in [0.25, 0.3) is 0 Å². The molecule has 7 nitrogen and oxygen atoms in total. The second-order valence-corrected chi connectivity index (χ2v) is 9.56. The van der Waals surface area contributed by atoms with Crippen molar-refractivity contribution in [2.75, 3.05) is 43.9 Å². The number of nitrogens with one attached hydrogen (secondary N) is 1. The van der Waals surface area contributed by atoms with Crippen LogP contribution < -0.4 is 11.0 Å². The lowest BCUT2D eigenvalue weighted by Gasteiger charge is -2.28. The Hall–Kier alpha value is -1.87. The average Bonchev–Trinajstić information content (AvgIpc) is 2.81. The number of carbonyl (C=O) groups is 1. The van der Waals surface area contributed by atoms with Crippen molar-refractivity contribution < 1.29 is 9.53 Å². The van der Waals surface area contributed by atoms with Crippen LogP contribution in [0.4, 0.5) is 5.69 Å². The molecule has 2 heterocycles. The Morgan fingerprint density at radius 2 is 2.00 bits per heavy atom. The molecule has 0 spiro atoms. The molecule has 0 saturated carbocycles. The van der Waals surface area contributed by atoms with Crippen molar-refractivity contribution >= 4 is 35.0 Å². The molecule has 2 aliphatic rings. The first-order chi connectivity index (χ1) is 15.5. The average molecular weight is 477 g/mol. The Balaban J connectivity index is 1.45. The third-order valence-electron chi connectivity index (χ3n) is 6.08. The van der Waals surface area contributed by atoms with Crippen LogP contribution in [-0.2, 0) is 28.9 Å². The number of aromatic nitrogens is 2. The second kappa shape index (κ2) is 10.8. The zero-order valence-corrected chi connectivity index (χ0v) is 19.9. The molecule has 1 aliphatic carbocycles. The van der Waals surface area contributed by atoms with E-state index in [-0.39, 0.29) is 17.3 Å². The quantitative estimate of drug-likeness (QED) is 0.488. The van der Waals surface area contributed by atoms with E-state index >= 15 is 0 Å². The van der Waals surface area contributed by atoms with Gasteiger partial charge in [0.1, 0.15) is 5.03 Å². The van der Waals surface area contributed by atoms with Gasteiger partial charge in [0.2, 0.25) is 5.91 Å². The van der Waals surface area contributed by atoms with Crippen molar-refractivity contribution in [1.29, 1.82) is 0 Å². The molecule has 1 N–H and O–H groups in total. The molecule has 1 fully saturated rings. The summed E-state index contributed by atoms with van der Waals surface area (Å²) in [5.74, 6) is 0.0611. The molecule has 32 heavy (non-hydrogen) atoms. The van der Waals surface area contributed by atoms with Crippen LogP contribution in [0.3, 0.4) is 0 Å². The van der Waals surface area contributed by atoms with Crippen LogP contribution in [0, 0.1) is 6.92 Å². The minimum Gasteiger partial charge on any atom is -0.379 e. The number of thioether (sulfide) groups is 1. The number of anilines is 1. The van der Waals surface area contributed by atoms with Crippen LogP contribution in [0.2, 0.25) is 5.02 Å². The Kier molecular flexibility index (Phi) is 7.88. The maximum Gasteiger partial charge on any atom is 0.348 e. The van der Waals surface area contributed by atoms with Gasteiger partial charge in [0, 0.05) is 48.1 Å². The van der Waals surface area contributed by atoms with Crippen molar-refractivity contribution in [3.05, 3.63) is 50.5 Å². The first-order valence-electron chi connectivity index (χ1n) is 11.1. The fraction of sp³-hybridized carbons (Fsp3) is 0.522. The van der Waals surface area contributed by atoms with Gasteiger partial charge in [-0.1, -0.05) is 29.4 Å². The minimum atomic E-state index is -0.215. The minimum absolute atomic E-state index is 0.136. The molecular weight excluding hydrogens is 448 g/mol. The maximum atomic E-state index is 12.9. The van der Waals surface area contributed by atoms with E-state index in [1.807, 2.05) is 23.6 Å². The number of hydrogen-bond donors (Lipinski definition) is 1. The highest BCUT2D eigenvalue weighted by atomic mass is 35.5. The zero-order chi connectivity index (χ0) is 22.5. The Bertz CT molecular complexity index is 1040. The van der Waals surface area contributed by atoms with Gasteiger partial charge in [-0.25, -0.2) is 4.79 Å². The van der Waals surface area contributed by atoms with Gasteiger partial charge in [-0.3, -0.25) is 14.3 Å². The number of fused-ring (bicyclic) bond motifs is 1. The fourth-order valence-corrected chi connectivity index (χ4v) is 5.28. The lowest BCUT2D eigenvalue weighted by atomic mass is 9.97. The van der Waals surface area contributed by atoms with Gasteiger partial charge < -0.3 is 10.1 Å². The molecule has 0 radical (unpaired) electrons. The normalized spacial score (nSPS) is 16.6. The van der Waals surface area contributed by atoms with E-state index in [0.29, 0.717) is 22.3 Å². The number of rotatable bonds is 7. The number of nitrogens with zero attached hydrogens (tertiary/aromatic N) is 3. The fourth-order valence-electron chi connectivity index (χ4n) is 4.23. The summed E-state index contributed by atoms with van der Waals surface area (Å²) in [5.41, 5.74) is 3.56. The molecule has 0 bridgehead atoms. The number of hydrogen-bond acceptors (Lipinski definition) is 6. The number of halogens is 1. The van der Waals surface area contributed by atoms with E-state index in [4.69, 9.17) is 16.3 Å². The summed E-state index contributed by atoms with van der Waals surface area (Å²) >= 11 is 7.49. The van der Waals surface area contributed by atoms with Gasteiger partial charge in [0.15, 0.2) is 0 Å². The predicted molar refractivity (Wildman–Crippen MR) is 128 cm³/mol. The monoisotopic (exact) mass is 476 g/mol. The maximum absolute atomic E-state index is 12.9. The summed E-state index contributed by atoms with van der Waals surface area (Å²) in [6.45, 7) is 6.65. The van der Waals surface area contributed by atoms with Gasteiger partial charge in [-0.2, -0.15) is 4.98 Å². The zero-order valence-electron chi connectivity index (χ0n) is 18.4. The van der Waals surface area contributed by atoms with E-state index < -0.39 is 0 Å². The lowest BCUT2D eigenvalue weighted by molar-refractivity contribution is -0.113. The first-order valence-corrected chi connectivity index (χ1v) is 12.5. The van der Waals surface area contributed by atoms with Gasteiger partial charge in [0.05, 0.1) is 19.0 Å². The number of amides is 1. The summed E-state index contributed by atoms with van der Waals surface area (Å²) in [7, 11) is 0. The van der Waals surface area contributed by atoms with Gasteiger partial charge in [-0.15, -0.1) is 0 Å². The molecular formula is C23H29ClN4O3S. The third kappa shape index (κ3) is 5.54. The number of carbonyl (C=O) groups excluding carboxylic acids is 1. The summed E-state index contributed by atoms with van der Waals surface area (Å²) in [6.07, 6.45) is 3.94. The topological polar surface area (TPSA) is 76.5 Å². The Morgan fingerprint density at radius 3 is 2.81 bits per heavy atom. The number of benzene rings is 1. The van der Waals surface area contributed by atoms with E-state index in [2.05, 4.69) is 15.2 Å². The number of ether oxygens (including phenoxy) is 1. The third-order valence-corrected chi connectivity index (χ3v) is 7.50. The molecule has 4 rings (SSSR count). The molecule has 1 aliphatic heterocycles. The highest BCUT2D eigenvalue weighted by molar-refractivity contribution is 8.00. The first kappa shape index (κ1) is 23.3. The largest absolute Gasteiger partial charge is 0.379 e. The van der Waals surface area contributed by atoms with Gasteiger partial charge in [0.25, 0.3) is 0 Å². The van der Waals surface area contributed by atoms with E-state index in [1.165, 1.54) is 11.8 Å². The molecule has 172 valence electrons. The molecule has 9 heteroatoms. The van der Waals surface area contributed by atoms with Crippen LogP contribution in [-0.4, -0.2) is 59.0 Å². The Morgan fingerprint density at radius 1 is 1.22 bits per heavy atom. The predicted octanol–water partition coefficient (Wildman–Crippen LogP) is 3.15. The molecule has 0 unspecified atom stereocenters. The van der Waals surface area contributed by atoms with Gasteiger partial charge in [-0.05, 0) is 50.3 Å². The van der Waals surface area contributed by atoms with Crippen molar-refractivity contribution in [2.24, 2.45) is 0 Å². The molecule has 1 aromatic heterocycles. The van der Waals surface area contributed by atoms with Gasteiger partial charge >= 0.3 is 5.69 Å². The SMILES string of the molecule is Cc1c(Cl)cccc1NC(=O)CSc1nc(=O)n(CCN2CCOCC2)c2c1CCCC2. The lowest BCUT2D eigenvalue weighted by Crippen LogP contribution is -2.40. The van der Waals surface area contributed by atoms with Crippen LogP contribution in [0.1, 0.15) is 29.7 Å². The van der Waals surface area contributed by atoms with Crippen LogP contribution in [0.15, 0.2) is 28.0 Å². The molecule has 1 aromatic carbocycles. The summed E-state index contributed by atoms with van der Waals surface area (Å²) < 4.78 is 7.26. The van der Waals surface area contributed by atoms with E-state index in [1.54, 1.807) is 6.07 Å². The summed E-state index contributed by atoms with van der Waals surface area (Å²) in [5, 5.41) is 4.23. The molecule has 0 atom stereocenters. The van der Waals surface area contributed by atoms with Crippen molar-refractivity contribution in [2.45, 2.75) is 44.2 Å². The molecule has 1 amide bonds. The standard InChI is InChI=1S/C23H29ClN4O3S/c1-16-18(24)6-4-7-19(16)25-21(29)15-32-22-17-5-2-3-8-20(17)28(23(30)26-22)10-9-27-11-13-31-14-12-27/h4,6-7H,2-3,5,8-15H2,1H3,(H,25,29). The number of morpholine rings is 1. The summed E-state index contributed by atoms with van der Waals surface area (Å²) in [6, 6.07) is 5.44. The second-order valence-electron chi connectivity index (χ2n) is 8.19. The van der Waals surface area contributed by atoms with E-state index in [0.717, 1.165) is 75.4 Å².